The molecule has 0 aliphatic carbocycles. The van der Waals surface area contributed by atoms with Crippen molar-refractivity contribution >= 4 is 27.5 Å². The predicted octanol–water partition coefficient (Wildman–Crippen LogP) is 4.19. The molecule has 112 valence electrons. The maximum atomic E-state index is 13.4. The number of esters is 1. The third-order valence-electron chi connectivity index (χ3n) is 3.39. The first-order chi connectivity index (χ1) is 10.4. The number of benzene rings is 2. The van der Waals surface area contributed by atoms with Crippen LogP contribution < -0.4 is 0 Å². The minimum Gasteiger partial charge on any atom is -0.464 e. The van der Waals surface area contributed by atoms with Gasteiger partial charge in [0.05, 0.1) is 7.11 Å². The summed E-state index contributed by atoms with van der Waals surface area (Å²) in [5.41, 5.74) is -1.44. The topological polar surface area (TPSA) is 39.2 Å². The molecule has 0 aliphatic rings. The molecule has 0 bridgehead atoms. The summed E-state index contributed by atoms with van der Waals surface area (Å²) in [7, 11) is 1.10. The van der Waals surface area contributed by atoms with Gasteiger partial charge in [-0.15, -0.1) is 0 Å². The summed E-state index contributed by atoms with van der Waals surface area (Å²) in [6.07, 6.45) is -4.67. The molecule has 3 nitrogen and oxygen atoms in total. The number of methoxy groups -OCH3 is 1. The van der Waals surface area contributed by atoms with E-state index in [0.29, 0.717) is 16.2 Å². The smallest absolute Gasteiger partial charge is 0.434 e. The molecule has 0 saturated heterocycles. The average Bonchev–Trinajstić information content (AvgIpc) is 2.51. The largest absolute Gasteiger partial charge is 0.464 e. The molecule has 0 unspecified atom stereocenters. The molecule has 0 saturated carbocycles. The molecule has 0 N–H and O–H groups in total. The number of carbonyl (C=O) groups excluding carboxylic acids is 1. The average molecular weight is 305 g/mol. The van der Waals surface area contributed by atoms with Crippen molar-refractivity contribution in [2.24, 2.45) is 0 Å². The lowest BCUT2D eigenvalue weighted by molar-refractivity contribution is -0.139. The lowest BCUT2D eigenvalue weighted by Gasteiger charge is -2.13. The van der Waals surface area contributed by atoms with E-state index in [1.807, 2.05) is 0 Å². The molecule has 3 aromatic rings. The Morgan fingerprint density at radius 3 is 2.45 bits per heavy atom. The summed E-state index contributed by atoms with van der Waals surface area (Å²) in [6, 6.07) is 11.3. The molecule has 0 spiro atoms. The van der Waals surface area contributed by atoms with Crippen LogP contribution in [0.3, 0.4) is 0 Å². The lowest BCUT2D eigenvalue weighted by atomic mass is 10.00. The van der Waals surface area contributed by atoms with Crippen molar-refractivity contribution in [2.45, 2.75) is 6.18 Å². The van der Waals surface area contributed by atoms with Gasteiger partial charge in [0.2, 0.25) is 0 Å². The second-order valence-electron chi connectivity index (χ2n) is 4.73. The van der Waals surface area contributed by atoms with E-state index in [0.717, 1.165) is 7.11 Å². The zero-order chi connectivity index (χ0) is 15.9. The van der Waals surface area contributed by atoms with Crippen LogP contribution in [0.4, 0.5) is 13.2 Å². The van der Waals surface area contributed by atoms with E-state index in [4.69, 9.17) is 0 Å². The molecule has 0 fully saturated rings. The molecule has 0 amide bonds. The van der Waals surface area contributed by atoms with Crippen molar-refractivity contribution in [2.75, 3.05) is 7.11 Å². The predicted molar refractivity (Wildman–Crippen MR) is 75.6 cm³/mol. The van der Waals surface area contributed by atoms with Gasteiger partial charge in [-0.1, -0.05) is 36.4 Å². The molecule has 3 rings (SSSR count). The highest BCUT2D eigenvalue weighted by Crippen LogP contribution is 2.37. The molecule has 22 heavy (non-hydrogen) atoms. The van der Waals surface area contributed by atoms with Gasteiger partial charge < -0.3 is 4.74 Å². The summed E-state index contributed by atoms with van der Waals surface area (Å²) < 4.78 is 44.6. The van der Waals surface area contributed by atoms with Crippen LogP contribution in [0.2, 0.25) is 0 Å². The number of fused-ring (bicyclic) bond motifs is 3. The maximum absolute atomic E-state index is 13.4. The number of nitrogens with zero attached hydrogens (tertiary/aromatic N) is 1. The molecular weight excluding hydrogens is 295 g/mol. The van der Waals surface area contributed by atoms with Crippen molar-refractivity contribution in [1.29, 1.82) is 0 Å². The van der Waals surface area contributed by atoms with Gasteiger partial charge >= 0.3 is 12.1 Å². The second-order valence-corrected chi connectivity index (χ2v) is 4.73. The molecule has 1 aromatic heterocycles. The quantitative estimate of drug-likeness (QED) is 0.500. The Morgan fingerprint density at radius 1 is 1.09 bits per heavy atom. The SMILES string of the molecule is COC(=O)c1cc2ccc3ccccc3c2c(C(F)(F)F)n1. The molecule has 1 heterocycles. The molecule has 2 aromatic carbocycles. The van der Waals surface area contributed by atoms with Gasteiger partial charge in [0.25, 0.3) is 0 Å². The lowest BCUT2D eigenvalue weighted by Crippen LogP contribution is -2.14. The number of hydrogen-bond acceptors (Lipinski definition) is 3. The fraction of sp³-hybridized carbons (Fsp3) is 0.125. The molecule has 6 heteroatoms. The molecular formula is C16H10F3NO2. The fourth-order valence-corrected chi connectivity index (χ4v) is 2.44. The standard InChI is InChI=1S/C16H10F3NO2/c1-22-15(21)12-8-10-7-6-9-4-2-3-5-11(9)13(10)14(20-12)16(17,18)19/h2-8H,1H3. The van der Waals surface area contributed by atoms with Gasteiger partial charge in [0, 0.05) is 5.39 Å². The minimum absolute atomic E-state index is 0.0155. The van der Waals surface area contributed by atoms with Crippen LogP contribution in [0.1, 0.15) is 16.2 Å². The normalized spacial score (nSPS) is 11.8. The Balaban J connectivity index is 2.48. The maximum Gasteiger partial charge on any atom is 0.434 e. The van der Waals surface area contributed by atoms with Gasteiger partial charge in [0.1, 0.15) is 5.69 Å². The summed E-state index contributed by atoms with van der Waals surface area (Å²) in [4.78, 5) is 15.0. The Bertz CT molecular complexity index is 888. The monoisotopic (exact) mass is 305 g/mol. The third kappa shape index (κ3) is 2.26. The number of alkyl halides is 3. The molecule has 0 atom stereocenters. The van der Waals surface area contributed by atoms with Crippen LogP contribution >= 0.6 is 0 Å². The number of halogens is 3. The van der Waals surface area contributed by atoms with Crippen LogP contribution in [0, 0.1) is 0 Å². The van der Waals surface area contributed by atoms with Crippen LogP contribution in [0.15, 0.2) is 42.5 Å². The highest BCUT2D eigenvalue weighted by atomic mass is 19.4. The van der Waals surface area contributed by atoms with Gasteiger partial charge in [-0.3, -0.25) is 0 Å². The molecule has 0 radical (unpaired) electrons. The van der Waals surface area contributed by atoms with Crippen LogP contribution in [0.5, 0.6) is 0 Å². The zero-order valence-corrected chi connectivity index (χ0v) is 11.4. The Morgan fingerprint density at radius 2 is 1.77 bits per heavy atom. The number of ether oxygens (including phenoxy) is 1. The third-order valence-corrected chi connectivity index (χ3v) is 3.39. The van der Waals surface area contributed by atoms with Crippen LogP contribution in [0.25, 0.3) is 21.5 Å². The Kier molecular flexibility index (Phi) is 3.24. The Hall–Kier alpha value is -2.63. The van der Waals surface area contributed by atoms with E-state index < -0.39 is 17.8 Å². The first-order valence-corrected chi connectivity index (χ1v) is 6.40. The van der Waals surface area contributed by atoms with Gasteiger partial charge in [-0.05, 0) is 22.2 Å². The van der Waals surface area contributed by atoms with E-state index in [-0.39, 0.29) is 11.1 Å². The second kappa shape index (κ2) is 4.98. The van der Waals surface area contributed by atoms with E-state index in [2.05, 4.69) is 9.72 Å². The highest BCUT2D eigenvalue weighted by Gasteiger charge is 2.36. The van der Waals surface area contributed by atoms with E-state index in [1.54, 1.807) is 36.4 Å². The van der Waals surface area contributed by atoms with Crippen molar-refractivity contribution < 1.29 is 22.7 Å². The summed E-state index contributed by atoms with van der Waals surface area (Å²) >= 11 is 0. The zero-order valence-electron chi connectivity index (χ0n) is 11.4. The summed E-state index contributed by atoms with van der Waals surface area (Å²) in [5.74, 6) is -0.902. The number of rotatable bonds is 1. The summed E-state index contributed by atoms with van der Waals surface area (Å²) in [5, 5.41) is 1.39. The van der Waals surface area contributed by atoms with Gasteiger partial charge in [-0.2, -0.15) is 13.2 Å². The highest BCUT2D eigenvalue weighted by molar-refractivity contribution is 6.10. The van der Waals surface area contributed by atoms with E-state index >= 15 is 0 Å². The van der Waals surface area contributed by atoms with Gasteiger partial charge in [-0.25, -0.2) is 9.78 Å². The van der Waals surface area contributed by atoms with Crippen molar-refractivity contribution in [3.8, 4) is 0 Å². The first-order valence-electron chi connectivity index (χ1n) is 6.40. The van der Waals surface area contributed by atoms with Crippen molar-refractivity contribution in [3.05, 3.63) is 53.9 Å². The van der Waals surface area contributed by atoms with Crippen LogP contribution in [-0.4, -0.2) is 18.1 Å². The van der Waals surface area contributed by atoms with Crippen molar-refractivity contribution in [1.82, 2.24) is 4.98 Å². The Labute approximate surface area is 123 Å². The number of aromatic nitrogens is 1. The van der Waals surface area contributed by atoms with Crippen molar-refractivity contribution in [3.63, 3.8) is 0 Å². The fourth-order valence-electron chi connectivity index (χ4n) is 2.44. The number of hydrogen-bond donors (Lipinski definition) is 0. The number of carbonyl (C=O) groups is 1. The van der Waals surface area contributed by atoms with Gasteiger partial charge in [0.15, 0.2) is 5.69 Å². The minimum atomic E-state index is -4.67. The van der Waals surface area contributed by atoms with E-state index in [9.17, 15) is 18.0 Å². The first kappa shape index (κ1) is 14.3. The number of pyridine rings is 1. The molecule has 0 aliphatic heterocycles. The van der Waals surface area contributed by atoms with E-state index in [1.165, 1.54) is 6.07 Å². The van der Waals surface area contributed by atoms with Crippen LogP contribution in [-0.2, 0) is 10.9 Å². The summed E-state index contributed by atoms with van der Waals surface area (Å²) in [6.45, 7) is 0.